The smallest absolute Gasteiger partial charge is 0.423 e. The van der Waals surface area contributed by atoms with Gasteiger partial charge in [0.15, 0.2) is 5.75 Å². The van der Waals surface area contributed by atoms with E-state index in [2.05, 4.69) is 5.16 Å². The van der Waals surface area contributed by atoms with Crippen LogP contribution < -0.4 is 10.3 Å². The maximum atomic E-state index is 8.95. The van der Waals surface area contributed by atoms with Gasteiger partial charge in [-0.05, 0) is 23.7 Å². The van der Waals surface area contributed by atoms with Crippen molar-refractivity contribution in [3.63, 3.8) is 0 Å². The van der Waals surface area contributed by atoms with Crippen LogP contribution in [0.5, 0.6) is 5.75 Å². The van der Waals surface area contributed by atoms with Crippen molar-refractivity contribution < 1.29 is 14.9 Å². The zero-order valence-electron chi connectivity index (χ0n) is 7.29. The van der Waals surface area contributed by atoms with Crippen molar-refractivity contribution in [3.05, 3.63) is 29.8 Å². The molecule has 0 atom stereocenters. The molecular formula is C9H8BNO3. The number of rotatable bonds is 1. The van der Waals surface area contributed by atoms with Crippen LogP contribution >= 0.6 is 0 Å². The molecule has 0 unspecified atom stereocenters. The molecule has 1 aliphatic heterocycles. The Kier molecular flexibility index (Phi) is 2.34. The van der Waals surface area contributed by atoms with E-state index in [1.165, 1.54) is 6.21 Å². The van der Waals surface area contributed by atoms with Crippen molar-refractivity contribution in [3.8, 4) is 5.75 Å². The third kappa shape index (κ3) is 1.68. The van der Waals surface area contributed by atoms with Gasteiger partial charge in [0.1, 0.15) is 0 Å². The Labute approximate surface area is 81.3 Å². The third-order valence-electron chi connectivity index (χ3n) is 1.91. The van der Waals surface area contributed by atoms with Gasteiger partial charge in [0.05, 0.1) is 6.21 Å². The average Bonchev–Trinajstić information content (AvgIpc) is 2.41. The predicted molar refractivity (Wildman–Crippen MR) is 54.4 cm³/mol. The Balaban J connectivity index is 2.44. The predicted octanol–water partition coefficient (Wildman–Crippen LogP) is -0.242. The quantitative estimate of drug-likeness (QED) is 0.599. The summed E-state index contributed by atoms with van der Waals surface area (Å²) in [6, 6.07) is 4.88. The number of benzene rings is 1. The second-order valence-electron chi connectivity index (χ2n) is 2.88. The molecule has 0 aliphatic carbocycles. The van der Waals surface area contributed by atoms with E-state index in [9.17, 15) is 0 Å². The molecule has 0 amide bonds. The molecule has 14 heavy (non-hydrogen) atoms. The van der Waals surface area contributed by atoms with Gasteiger partial charge in [-0.1, -0.05) is 17.3 Å². The molecule has 2 N–H and O–H groups in total. The molecule has 1 aromatic rings. The summed E-state index contributed by atoms with van der Waals surface area (Å²) >= 11 is 0. The summed E-state index contributed by atoms with van der Waals surface area (Å²) in [4.78, 5) is 5.03. The second-order valence-corrected chi connectivity index (χ2v) is 2.88. The minimum atomic E-state index is -1.46. The normalized spacial score (nSPS) is 13.0. The van der Waals surface area contributed by atoms with Crippen molar-refractivity contribution in [2.75, 3.05) is 0 Å². The van der Waals surface area contributed by atoms with Gasteiger partial charge in [0.25, 0.3) is 0 Å². The number of hydrogen-bond donors (Lipinski definition) is 2. The highest BCUT2D eigenvalue weighted by molar-refractivity contribution is 6.58. The van der Waals surface area contributed by atoms with Gasteiger partial charge in [0, 0.05) is 5.56 Å². The van der Waals surface area contributed by atoms with E-state index >= 15 is 0 Å². The van der Waals surface area contributed by atoms with E-state index in [-0.39, 0.29) is 0 Å². The van der Waals surface area contributed by atoms with Crippen molar-refractivity contribution >= 4 is 24.9 Å². The van der Waals surface area contributed by atoms with Crippen molar-refractivity contribution in [1.29, 1.82) is 0 Å². The van der Waals surface area contributed by atoms with Crippen LogP contribution in [0.1, 0.15) is 5.56 Å². The molecule has 0 bridgehead atoms. The summed E-state index contributed by atoms with van der Waals surface area (Å²) in [5, 5.41) is 21.6. The van der Waals surface area contributed by atoms with Crippen LogP contribution in [0.25, 0.3) is 6.08 Å². The average molecular weight is 189 g/mol. The molecule has 0 saturated carbocycles. The standard InChI is InChI=1S/C9H8BNO3/c12-10(13)8-3-4-9-7(6-8)2-1-5-11-14-9/h1-6,12-13H. The van der Waals surface area contributed by atoms with E-state index in [0.29, 0.717) is 11.2 Å². The SMILES string of the molecule is OB(O)c1ccc2c(c1)C=CC=NO2. The first-order valence-corrected chi connectivity index (χ1v) is 4.14. The van der Waals surface area contributed by atoms with Gasteiger partial charge < -0.3 is 14.9 Å². The zero-order valence-corrected chi connectivity index (χ0v) is 7.29. The van der Waals surface area contributed by atoms with Gasteiger partial charge in [-0.15, -0.1) is 0 Å². The molecule has 0 spiro atoms. The fraction of sp³-hybridized carbons (Fsp3) is 0. The molecule has 2 rings (SSSR count). The summed E-state index contributed by atoms with van der Waals surface area (Å²) in [5.74, 6) is 0.597. The first-order chi connectivity index (χ1) is 6.77. The minimum absolute atomic E-state index is 0.430. The van der Waals surface area contributed by atoms with E-state index in [1.54, 1.807) is 30.4 Å². The molecule has 0 aromatic heterocycles. The summed E-state index contributed by atoms with van der Waals surface area (Å²) < 4.78 is 0. The number of allylic oxidation sites excluding steroid dienone is 1. The summed E-state index contributed by atoms with van der Waals surface area (Å²) in [6.07, 6.45) is 5.03. The van der Waals surface area contributed by atoms with Crippen LogP contribution in [0.3, 0.4) is 0 Å². The maximum absolute atomic E-state index is 8.95. The van der Waals surface area contributed by atoms with Crippen LogP contribution in [0, 0.1) is 0 Å². The molecule has 1 aromatic carbocycles. The lowest BCUT2D eigenvalue weighted by atomic mass is 9.79. The Morgan fingerprint density at radius 3 is 2.93 bits per heavy atom. The molecule has 0 radical (unpaired) electrons. The summed E-state index contributed by atoms with van der Waals surface area (Å²) in [5.41, 5.74) is 1.20. The van der Waals surface area contributed by atoms with Gasteiger partial charge in [0.2, 0.25) is 0 Å². The second kappa shape index (κ2) is 3.65. The van der Waals surface area contributed by atoms with Crippen molar-refractivity contribution in [2.24, 2.45) is 5.16 Å². The zero-order chi connectivity index (χ0) is 9.97. The Morgan fingerprint density at radius 2 is 2.14 bits per heavy atom. The number of oxime groups is 1. The van der Waals surface area contributed by atoms with Gasteiger partial charge in [-0.2, -0.15) is 0 Å². The minimum Gasteiger partial charge on any atom is -0.423 e. The molecule has 0 fully saturated rings. The first kappa shape index (κ1) is 8.99. The number of hydrogen-bond acceptors (Lipinski definition) is 4. The maximum Gasteiger partial charge on any atom is 0.488 e. The van der Waals surface area contributed by atoms with Crippen LogP contribution in [-0.4, -0.2) is 23.4 Å². The Bertz CT molecular complexity index is 401. The van der Waals surface area contributed by atoms with E-state index in [4.69, 9.17) is 14.9 Å². The lowest BCUT2D eigenvalue weighted by Crippen LogP contribution is -2.29. The number of fused-ring (bicyclic) bond motifs is 1. The molecule has 0 saturated heterocycles. The molecule has 5 heteroatoms. The largest absolute Gasteiger partial charge is 0.488 e. The topological polar surface area (TPSA) is 62.0 Å². The van der Waals surface area contributed by atoms with Crippen LogP contribution in [0.15, 0.2) is 29.4 Å². The highest BCUT2D eigenvalue weighted by atomic mass is 16.6. The summed E-state index contributed by atoms with van der Waals surface area (Å²) in [6.45, 7) is 0. The van der Waals surface area contributed by atoms with Gasteiger partial charge >= 0.3 is 7.12 Å². The van der Waals surface area contributed by atoms with Crippen molar-refractivity contribution in [1.82, 2.24) is 0 Å². The Hall–Kier alpha value is -1.59. The molecular weight excluding hydrogens is 181 g/mol. The van der Waals surface area contributed by atoms with Gasteiger partial charge in [-0.3, -0.25) is 0 Å². The monoisotopic (exact) mass is 189 g/mol. The van der Waals surface area contributed by atoms with Crippen LogP contribution in [-0.2, 0) is 0 Å². The number of nitrogens with zero attached hydrogens (tertiary/aromatic N) is 1. The van der Waals surface area contributed by atoms with E-state index in [0.717, 1.165) is 5.56 Å². The Morgan fingerprint density at radius 1 is 1.29 bits per heavy atom. The van der Waals surface area contributed by atoms with E-state index < -0.39 is 7.12 Å². The van der Waals surface area contributed by atoms with Crippen molar-refractivity contribution in [2.45, 2.75) is 0 Å². The highest BCUT2D eigenvalue weighted by Gasteiger charge is 2.13. The third-order valence-corrected chi connectivity index (χ3v) is 1.91. The van der Waals surface area contributed by atoms with Crippen LogP contribution in [0.2, 0.25) is 0 Å². The first-order valence-electron chi connectivity index (χ1n) is 4.14. The fourth-order valence-electron chi connectivity index (χ4n) is 1.21. The molecule has 4 nitrogen and oxygen atoms in total. The van der Waals surface area contributed by atoms with Gasteiger partial charge in [-0.25, -0.2) is 0 Å². The van der Waals surface area contributed by atoms with Crippen LogP contribution in [0.4, 0.5) is 0 Å². The molecule has 1 aliphatic rings. The molecule has 1 heterocycles. The molecule has 70 valence electrons. The summed E-state index contributed by atoms with van der Waals surface area (Å²) in [7, 11) is -1.46. The lowest BCUT2D eigenvalue weighted by molar-refractivity contribution is 0.344. The van der Waals surface area contributed by atoms with E-state index in [1.807, 2.05) is 0 Å². The highest BCUT2D eigenvalue weighted by Crippen LogP contribution is 2.20. The lowest BCUT2D eigenvalue weighted by Gasteiger charge is -2.04. The fourth-order valence-corrected chi connectivity index (χ4v) is 1.21.